The molecule has 3 saturated heterocycles. The van der Waals surface area contributed by atoms with Gasteiger partial charge in [0.1, 0.15) is 12.4 Å². The van der Waals surface area contributed by atoms with E-state index in [1.807, 2.05) is 42.6 Å². The maximum atomic E-state index is 13.6. The number of hydrogen-bond donors (Lipinski definition) is 1. The normalized spacial score (nSPS) is 27.7. The van der Waals surface area contributed by atoms with Crippen molar-refractivity contribution in [3.8, 4) is 0 Å². The SMILES string of the molecule is O[C@](c1ccccc1)(c1ncc(C[N+]23CCC(CC2)[C@H](CSc2cccc(F)c2)C3)o1)C1CCCCC1. The Labute approximate surface area is 223 Å². The van der Waals surface area contributed by atoms with Crippen molar-refractivity contribution in [3.05, 3.63) is 83.8 Å². The van der Waals surface area contributed by atoms with Crippen LogP contribution in [0.25, 0.3) is 0 Å². The molecule has 4 heterocycles. The lowest BCUT2D eigenvalue weighted by Gasteiger charge is -2.52. The number of benzene rings is 2. The number of piperidine rings is 3. The summed E-state index contributed by atoms with van der Waals surface area (Å²) >= 11 is 1.79. The lowest BCUT2D eigenvalue weighted by atomic mass is 9.73. The van der Waals surface area contributed by atoms with E-state index in [4.69, 9.17) is 9.40 Å². The lowest BCUT2D eigenvalue weighted by molar-refractivity contribution is -0.959. The van der Waals surface area contributed by atoms with Crippen molar-refractivity contribution in [2.24, 2.45) is 17.8 Å². The molecule has 3 aliphatic heterocycles. The highest BCUT2D eigenvalue weighted by Crippen LogP contribution is 2.45. The second kappa shape index (κ2) is 10.5. The zero-order valence-corrected chi connectivity index (χ0v) is 22.3. The van der Waals surface area contributed by atoms with Crippen LogP contribution >= 0.6 is 11.8 Å². The van der Waals surface area contributed by atoms with Gasteiger partial charge >= 0.3 is 0 Å². The molecule has 2 bridgehead atoms. The van der Waals surface area contributed by atoms with E-state index in [1.54, 1.807) is 23.9 Å². The fraction of sp³-hybridized carbons (Fsp3) is 0.516. The van der Waals surface area contributed by atoms with Gasteiger partial charge in [-0.25, -0.2) is 9.37 Å². The highest BCUT2D eigenvalue weighted by Gasteiger charge is 2.48. The molecule has 0 amide bonds. The van der Waals surface area contributed by atoms with Gasteiger partial charge in [0.15, 0.2) is 11.4 Å². The van der Waals surface area contributed by atoms with E-state index in [0.29, 0.717) is 11.8 Å². The van der Waals surface area contributed by atoms with E-state index >= 15 is 0 Å². The highest BCUT2D eigenvalue weighted by molar-refractivity contribution is 7.99. The molecule has 4 aliphatic rings. The number of nitrogens with zero attached hydrogens (tertiary/aromatic N) is 2. The predicted octanol–water partition coefficient (Wildman–Crippen LogP) is 6.78. The maximum absolute atomic E-state index is 13.6. The average molecular weight is 522 g/mol. The summed E-state index contributed by atoms with van der Waals surface area (Å²) in [7, 11) is 0. The molecule has 3 aromatic rings. The molecule has 2 atom stereocenters. The number of quaternary nitrogens is 1. The van der Waals surface area contributed by atoms with Crippen molar-refractivity contribution in [3.63, 3.8) is 0 Å². The van der Waals surface area contributed by atoms with Crippen molar-refractivity contribution >= 4 is 11.8 Å². The van der Waals surface area contributed by atoms with E-state index in [-0.39, 0.29) is 11.7 Å². The summed E-state index contributed by atoms with van der Waals surface area (Å²) in [5.41, 5.74) is -0.297. The molecule has 1 aromatic heterocycles. The summed E-state index contributed by atoms with van der Waals surface area (Å²) in [6.45, 7) is 4.31. The molecule has 196 valence electrons. The van der Waals surface area contributed by atoms with Gasteiger partial charge in [0.05, 0.1) is 25.8 Å². The maximum Gasteiger partial charge on any atom is 0.231 e. The summed E-state index contributed by atoms with van der Waals surface area (Å²) in [6, 6.07) is 17.0. The summed E-state index contributed by atoms with van der Waals surface area (Å²) in [5.74, 6) is 3.73. The number of fused-ring (bicyclic) bond motifs is 3. The van der Waals surface area contributed by atoms with Gasteiger partial charge in [-0.3, -0.25) is 0 Å². The van der Waals surface area contributed by atoms with Gasteiger partial charge in [-0.05, 0) is 42.5 Å². The Morgan fingerprint density at radius 2 is 1.78 bits per heavy atom. The van der Waals surface area contributed by atoms with Crippen molar-refractivity contribution in [1.82, 2.24) is 4.98 Å². The molecule has 0 spiro atoms. The first-order valence-electron chi connectivity index (χ1n) is 14.0. The molecule has 1 aliphatic carbocycles. The summed E-state index contributed by atoms with van der Waals surface area (Å²) in [6.07, 6.45) is 9.86. The molecule has 4 fully saturated rings. The minimum absolute atomic E-state index is 0.122. The highest BCUT2D eigenvalue weighted by atomic mass is 32.2. The summed E-state index contributed by atoms with van der Waals surface area (Å²) in [5, 5.41) is 12.2. The molecule has 2 aromatic carbocycles. The second-order valence-electron chi connectivity index (χ2n) is 11.6. The van der Waals surface area contributed by atoms with Crippen molar-refractivity contribution in [1.29, 1.82) is 0 Å². The molecular weight excluding hydrogens is 483 g/mol. The lowest BCUT2D eigenvalue weighted by Crippen LogP contribution is -2.61. The van der Waals surface area contributed by atoms with Gasteiger partial charge in [0.25, 0.3) is 0 Å². The van der Waals surface area contributed by atoms with Crippen LogP contribution in [0.1, 0.15) is 62.2 Å². The third-order valence-electron chi connectivity index (χ3n) is 9.28. The van der Waals surface area contributed by atoms with Gasteiger partial charge < -0.3 is 14.0 Å². The number of thioether (sulfide) groups is 1. The Kier molecular flexibility index (Phi) is 7.17. The Hall–Kier alpha value is -2.15. The number of oxazole rings is 1. The van der Waals surface area contributed by atoms with E-state index in [9.17, 15) is 9.50 Å². The van der Waals surface area contributed by atoms with E-state index in [2.05, 4.69) is 0 Å². The monoisotopic (exact) mass is 521 g/mol. The zero-order chi connectivity index (χ0) is 25.3. The number of halogens is 1. The van der Waals surface area contributed by atoms with Crippen molar-refractivity contribution in [2.45, 2.75) is 62.0 Å². The van der Waals surface area contributed by atoms with Crippen molar-refractivity contribution < 1.29 is 18.4 Å². The van der Waals surface area contributed by atoms with Gasteiger partial charge in [-0.2, -0.15) is 0 Å². The summed E-state index contributed by atoms with van der Waals surface area (Å²) in [4.78, 5) is 5.74. The van der Waals surface area contributed by atoms with Gasteiger partial charge in [-0.1, -0.05) is 55.7 Å². The Bertz CT molecular complexity index is 1190. The molecule has 4 nitrogen and oxygen atoms in total. The fourth-order valence-corrected chi connectivity index (χ4v) is 8.40. The average Bonchev–Trinajstić information content (AvgIpc) is 3.41. The molecule has 0 unspecified atom stereocenters. The minimum Gasteiger partial charge on any atom is -0.436 e. The smallest absolute Gasteiger partial charge is 0.231 e. The molecule has 0 radical (unpaired) electrons. The second-order valence-corrected chi connectivity index (χ2v) is 12.7. The molecule has 1 N–H and O–H groups in total. The first kappa shape index (κ1) is 25.1. The van der Waals surface area contributed by atoms with Crippen LogP contribution in [0.5, 0.6) is 0 Å². The predicted molar refractivity (Wildman–Crippen MR) is 144 cm³/mol. The van der Waals surface area contributed by atoms with Crippen LogP contribution in [0, 0.1) is 23.6 Å². The van der Waals surface area contributed by atoms with E-state index in [1.165, 1.54) is 38.4 Å². The van der Waals surface area contributed by atoms with Crippen LogP contribution in [0.2, 0.25) is 0 Å². The molecule has 6 heteroatoms. The van der Waals surface area contributed by atoms with Crippen LogP contribution in [-0.4, -0.2) is 40.0 Å². The van der Waals surface area contributed by atoms with Gasteiger partial charge in [0.2, 0.25) is 5.89 Å². The first-order valence-corrected chi connectivity index (χ1v) is 15.0. The van der Waals surface area contributed by atoms with Crippen LogP contribution in [0.3, 0.4) is 0 Å². The van der Waals surface area contributed by atoms with Gasteiger partial charge in [0, 0.05) is 35.3 Å². The Morgan fingerprint density at radius 3 is 2.54 bits per heavy atom. The van der Waals surface area contributed by atoms with Gasteiger partial charge in [-0.15, -0.1) is 11.8 Å². The summed E-state index contributed by atoms with van der Waals surface area (Å²) < 4.78 is 21.1. The largest absolute Gasteiger partial charge is 0.436 e. The third-order valence-corrected chi connectivity index (χ3v) is 10.5. The minimum atomic E-state index is -1.18. The standard InChI is InChI=1S/C31H38FN2O2S/c32-27-12-7-13-29(18-27)37-22-24-20-34(16-14-23(24)15-17-34)21-28-19-33-30(36-28)31(35,25-8-3-1-4-9-25)26-10-5-2-6-11-26/h1,3-4,7-9,12-13,18-19,23-24,26,35H,2,5-6,10-11,14-17,20-22H2/q+1/t23?,24-,31-,34?/m0/s1. The van der Waals surface area contributed by atoms with Crippen LogP contribution in [0.15, 0.2) is 70.1 Å². The fourth-order valence-electron chi connectivity index (χ4n) is 7.24. The number of hydrogen-bond acceptors (Lipinski definition) is 4. The third kappa shape index (κ3) is 5.13. The molecule has 7 rings (SSSR count). The number of aromatic nitrogens is 1. The zero-order valence-electron chi connectivity index (χ0n) is 21.5. The Morgan fingerprint density at radius 1 is 1.00 bits per heavy atom. The molecule has 37 heavy (non-hydrogen) atoms. The number of aliphatic hydroxyl groups is 1. The quantitative estimate of drug-likeness (QED) is 0.262. The van der Waals surface area contributed by atoms with Crippen LogP contribution in [0.4, 0.5) is 4.39 Å². The van der Waals surface area contributed by atoms with E-state index < -0.39 is 5.60 Å². The molecule has 1 saturated carbocycles. The van der Waals surface area contributed by atoms with Crippen LogP contribution in [-0.2, 0) is 12.1 Å². The van der Waals surface area contributed by atoms with Crippen molar-refractivity contribution in [2.75, 3.05) is 25.4 Å². The number of rotatable bonds is 8. The van der Waals surface area contributed by atoms with Crippen LogP contribution < -0.4 is 0 Å². The Balaban J connectivity index is 1.19. The topological polar surface area (TPSA) is 46.3 Å². The molecular formula is C31H38FN2O2S+. The van der Waals surface area contributed by atoms with E-state index in [0.717, 1.165) is 71.1 Å². The first-order chi connectivity index (χ1) is 18.0.